The average Bonchev–Trinajstić information content (AvgIpc) is 3.11. The maximum absolute atomic E-state index is 13.8. The Morgan fingerprint density at radius 3 is 2.78 bits per heavy atom. The summed E-state index contributed by atoms with van der Waals surface area (Å²) < 4.78 is 26.1. The third-order valence-electron chi connectivity index (χ3n) is 4.45. The van der Waals surface area contributed by atoms with Gasteiger partial charge in [0.1, 0.15) is 11.9 Å². The van der Waals surface area contributed by atoms with Gasteiger partial charge in [-0.3, -0.25) is 4.68 Å². The lowest BCUT2D eigenvalue weighted by Crippen LogP contribution is -2.38. The van der Waals surface area contributed by atoms with E-state index in [9.17, 15) is 9.50 Å². The SMILES string of the molecule is Cn1cc(-c2ccc(-c3ccc(O[C@H]4CCOC[C@H]4F)nn3)c(O)c2)cn1. The fraction of sp³-hybridized carbons (Fsp3) is 0.316. The van der Waals surface area contributed by atoms with E-state index >= 15 is 0 Å². The molecule has 1 fully saturated rings. The summed E-state index contributed by atoms with van der Waals surface area (Å²) in [4.78, 5) is 0. The van der Waals surface area contributed by atoms with Gasteiger partial charge in [0.05, 0.1) is 25.1 Å². The van der Waals surface area contributed by atoms with E-state index in [-0.39, 0.29) is 18.2 Å². The van der Waals surface area contributed by atoms with Crippen LogP contribution >= 0.6 is 0 Å². The monoisotopic (exact) mass is 370 g/mol. The van der Waals surface area contributed by atoms with Crippen molar-refractivity contribution >= 4 is 0 Å². The highest BCUT2D eigenvalue weighted by atomic mass is 19.1. The van der Waals surface area contributed by atoms with Gasteiger partial charge in [-0.15, -0.1) is 10.2 Å². The molecule has 0 unspecified atom stereocenters. The second-order valence-corrected chi connectivity index (χ2v) is 6.43. The van der Waals surface area contributed by atoms with Crippen molar-refractivity contribution in [2.75, 3.05) is 13.2 Å². The summed E-state index contributed by atoms with van der Waals surface area (Å²) >= 11 is 0. The molecule has 8 heteroatoms. The van der Waals surface area contributed by atoms with E-state index in [1.807, 2.05) is 19.3 Å². The molecule has 0 bridgehead atoms. The number of halogens is 1. The van der Waals surface area contributed by atoms with Gasteiger partial charge in [-0.05, 0) is 23.8 Å². The molecule has 0 amide bonds. The third-order valence-corrected chi connectivity index (χ3v) is 4.45. The molecular formula is C19H19FN4O3. The van der Waals surface area contributed by atoms with Gasteiger partial charge in [0.15, 0.2) is 6.17 Å². The maximum atomic E-state index is 13.8. The van der Waals surface area contributed by atoms with Gasteiger partial charge >= 0.3 is 0 Å². The minimum atomic E-state index is -1.18. The van der Waals surface area contributed by atoms with E-state index in [1.165, 1.54) is 0 Å². The highest BCUT2D eigenvalue weighted by Crippen LogP contribution is 2.32. The molecule has 4 rings (SSSR count). The molecule has 27 heavy (non-hydrogen) atoms. The molecular weight excluding hydrogens is 351 g/mol. The highest BCUT2D eigenvalue weighted by molar-refractivity contribution is 5.73. The van der Waals surface area contributed by atoms with Crippen LogP contribution in [0.2, 0.25) is 0 Å². The molecule has 2 atom stereocenters. The van der Waals surface area contributed by atoms with Crippen molar-refractivity contribution in [3.8, 4) is 34.0 Å². The van der Waals surface area contributed by atoms with Crippen LogP contribution < -0.4 is 4.74 Å². The van der Waals surface area contributed by atoms with Crippen LogP contribution in [0.1, 0.15) is 6.42 Å². The molecule has 3 heterocycles. The summed E-state index contributed by atoms with van der Waals surface area (Å²) in [5.41, 5.74) is 2.81. The Morgan fingerprint density at radius 2 is 2.11 bits per heavy atom. The van der Waals surface area contributed by atoms with Gasteiger partial charge in [-0.2, -0.15) is 5.10 Å². The van der Waals surface area contributed by atoms with Crippen LogP contribution in [0.25, 0.3) is 22.4 Å². The van der Waals surface area contributed by atoms with Gasteiger partial charge in [0.2, 0.25) is 5.88 Å². The normalized spacial score (nSPS) is 19.8. The van der Waals surface area contributed by atoms with Crippen LogP contribution in [0.4, 0.5) is 4.39 Å². The maximum Gasteiger partial charge on any atom is 0.233 e. The summed E-state index contributed by atoms with van der Waals surface area (Å²) in [6, 6.07) is 8.63. The topological polar surface area (TPSA) is 82.3 Å². The lowest BCUT2D eigenvalue weighted by atomic mass is 10.0. The number of aromatic nitrogens is 4. The molecule has 1 saturated heterocycles. The molecule has 140 valence electrons. The highest BCUT2D eigenvalue weighted by Gasteiger charge is 2.27. The number of nitrogens with zero attached hydrogens (tertiary/aromatic N) is 4. The molecule has 0 saturated carbocycles. The number of hydrogen-bond donors (Lipinski definition) is 1. The van der Waals surface area contributed by atoms with Gasteiger partial charge < -0.3 is 14.6 Å². The van der Waals surface area contributed by atoms with Gasteiger partial charge in [0.25, 0.3) is 0 Å². The lowest BCUT2D eigenvalue weighted by Gasteiger charge is -2.26. The molecule has 7 nitrogen and oxygen atoms in total. The van der Waals surface area contributed by atoms with Crippen molar-refractivity contribution in [1.82, 2.24) is 20.0 Å². The fourth-order valence-corrected chi connectivity index (χ4v) is 3.00. The number of rotatable bonds is 4. The number of aryl methyl sites for hydroxylation is 1. The predicted molar refractivity (Wildman–Crippen MR) is 96.1 cm³/mol. The molecule has 1 aromatic carbocycles. The Bertz CT molecular complexity index is 929. The van der Waals surface area contributed by atoms with Gasteiger partial charge in [-0.1, -0.05) is 6.07 Å². The summed E-state index contributed by atoms with van der Waals surface area (Å²) in [6.07, 6.45) is 2.32. The summed E-state index contributed by atoms with van der Waals surface area (Å²) in [5.74, 6) is 0.340. The van der Waals surface area contributed by atoms with Crippen molar-refractivity contribution in [2.24, 2.45) is 7.05 Å². The second kappa shape index (κ2) is 7.32. The zero-order valence-corrected chi connectivity index (χ0v) is 14.7. The van der Waals surface area contributed by atoms with Gasteiger partial charge in [-0.25, -0.2) is 4.39 Å². The molecule has 0 aliphatic carbocycles. The van der Waals surface area contributed by atoms with Crippen LogP contribution in [0.5, 0.6) is 11.6 Å². The molecule has 2 aromatic heterocycles. The van der Waals surface area contributed by atoms with Gasteiger partial charge in [0, 0.05) is 36.9 Å². The summed E-state index contributed by atoms with van der Waals surface area (Å²) in [6.45, 7) is 0.501. The minimum Gasteiger partial charge on any atom is -0.507 e. The van der Waals surface area contributed by atoms with Crippen LogP contribution in [0.15, 0.2) is 42.7 Å². The van der Waals surface area contributed by atoms with Crippen molar-refractivity contribution in [1.29, 1.82) is 0 Å². The smallest absolute Gasteiger partial charge is 0.233 e. The molecule has 0 radical (unpaired) electrons. The van der Waals surface area contributed by atoms with Crippen LogP contribution in [0.3, 0.4) is 0 Å². The van der Waals surface area contributed by atoms with E-state index < -0.39 is 12.3 Å². The van der Waals surface area contributed by atoms with E-state index in [2.05, 4.69) is 15.3 Å². The largest absolute Gasteiger partial charge is 0.507 e. The predicted octanol–water partition coefficient (Wildman–Crippen LogP) is 2.76. The number of hydrogen-bond acceptors (Lipinski definition) is 6. The first-order valence-corrected chi connectivity index (χ1v) is 8.65. The lowest BCUT2D eigenvalue weighted by molar-refractivity contribution is -0.0399. The van der Waals surface area contributed by atoms with E-state index in [0.717, 1.165) is 11.1 Å². The zero-order valence-electron chi connectivity index (χ0n) is 14.7. The molecule has 1 N–H and O–H groups in total. The number of phenols is 1. The minimum absolute atomic E-state index is 0.0351. The summed E-state index contributed by atoms with van der Waals surface area (Å²) in [5, 5.41) is 22.6. The van der Waals surface area contributed by atoms with E-state index in [0.29, 0.717) is 24.3 Å². The number of alkyl halides is 1. The Labute approximate surface area is 155 Å². The van der Waals surface area contributed by atoms with Crippen LogP contribution in [-0.4, -0.2) is 50.6 Å². The van der Waals surface area contributed by atoms with Crippen LogP contribution in [0, 0.1) is 0 Å². The Hall–Kier alpha value is -3.00. The first kappa shape index (κ1) is 17.4. The first-order chi connectivity index (χ1) is 13.1. The quantitative estimate of drug-likeness (QED) is 0.760. The third kappa shape index (κ3) is 3.75. The molecule has 3 aromatic rings. The van der Waals surface area contributed by atoms with E-state index in [1.54, 1.807) is 35.1 Å². The molecule has 1 aliphatic rings. The first-order valence-electron chi connectivity index (χ1n) is 8.65. The standard InChI is InChI=1S/C19H19FN4O3/c1-24-10-13(9-21-24)12-2-3-14(17(25)8-12)16-4-5-19(23-22-16)27-18-6-7-26-11-15(18)20/h2-5,8-10,15,18,25H,6-7,11H2,1H3/t15-,18+/m1/s1. The number of aromatic hydroxyl groups is 1. The Balaban J connectivity index is 1.51. The zero-order chi connectivity index (χ0) is 18.8. The Kier molecular flexibility index (Phi) is 4.72. The number of ether oxygens (including phenoxy) is 2. The number of benzene rings is 1. The van der Waals surface area contributed by atoms with Crippen molar-refractivity contribution < 1.29 is 19.0 Å². The Morgan fingerprint density at radius 1 is 1.22 bits per heavy atom. The van der Waals surface area contributed by atoms with Crippen molar-refractivity contribution in [3.63, 3.8) is 0 Å². The second-order valence-electron chi connectivity index (χ2n) is 6.43. The summed E-state index contributed by atoms with van der Waals surface area (Å²) in [7, 11) is 1.84. The fourth-order valence-electron chi connectivity index (χ4n) is 3.00. The molecule has 0 spiro atoms. The van der Waals surface area contributed by atoms with Crippen molar-refractivity contribution in [2.45, 2.75) is 18.7 Å². The van der Waals surface area contributed by atoms with Crippen LogP contribution in [-0.2, 0) is 11.8 Å². The average molecular weight is 370 g/mol. The van der Waals surface area contributed by atoms with Crippen molar-refractivity contribution in [3.05, 3.63) is 42.7 Å². The van der Waals surface area contributed by atoms with E-state index in [4.69, 9.17) is 9.47 Å². The number of phenolic OH excluding ortho intramolecular Hbond substituents is 1. The molecule has 1 aliphatic heterocycles.